The number of benzene rings is 2. The minimum absolute atomic E-state index is 0.184. The van der Waals surface area contributed by atoms with E-state index in [1.807, 2.05) is 36.4 Å². The number of carbonyl (C=O) groups excluding carboxylic acids is 1. The predicted octanol–water partition coefficient (Wildman–Crippen LogP) is 2.66. The van der Waals surface area contributed by atoms with Crippen molar-refractivity contribution in [2.75, 3.05) is 0 Å². The Balaban J connectivity index is 1.49. The molecule has 0 N–H and O–H groups in total. The van der Waals surface area contributed by atoms with Crippen LogP contribution in [0.3, 0.4) is 0 Å². The SMILES string of the molecule is N#Cc1cccc(C(=O)O[C@@H]2C=C[C@H](n3ccc(=O)n(Cc4ccccc4)c3=O)C2)c1. The van der Waals surface area contributed by atoms with Crippen molar-refractivity contribution in [3.63, 3.8) is 0 Å². The number of ether oxygens (including phenoxy) is 1. The number of rotatable bonds is 5. The molecule has 1 aromatic heterocycles. The number of aromatic nitrogens is 2. The third-order valence-electron chi connectivity index (χ3n) is 5.14. The molecule has 1 aliphatic rings. The van der Waals surface area contributed by atoms with Crippen molar-refractivity contribution in [1.29, 1.82) is 5.26 Å². The van der Waals surface area contributed by atoms with Crippen LogP contribution in [-0.2, 0) is 11.3 Å². The Hall–Kier alpha value is -4.18. The molecular weight excluding hydrogens is 394 g/mol. The van der Waals surface area contributed by atoms with Gasteiger partial charge in [-0.2, -0.15) is 5.26 Å². The zero-order valence-corrected chi connectivity index (χ0v) is 16.5. The zero-order valence-electron chi connectivity index (χ0n) is 16.5. The van der Waals surface area contributed by atoms with E-state index in [4.69, 9.17) is 10.00 Å². The van der Waals surface area contributed by atoms with Gasteiger partial charge in [0, 0.05) is 18.7 Å². The number of esters is 1. The molecule has 3 aromatic rings. The smallest absolute Gasteiger partial charge is 0.338 e. The fourth-order valence-electron chi connectivity index (χ4n) is 3.56. The number of hydrogen-bond donors (Lipinski definition) is 0. The molecule has 0 aliphatic heterocycles. The van der Waals surface area contributed by atoms with Gasteiger partial charge in [0.05, 0.1) is 29.8 Å². The third-order valence-corrected chi connectivity index (χ3v) is 5.14. The van der Waals surface area contributed by atoms with Crippen LogP contribution in [0.2, 0.25) is 0 Å². The van der Waals surface area contributed by atoms with E-state index in [-0.39, 0.29) is 18.1 Å². The lowest BCUT2D eigenvalue weighted by Crippen LogP contribution is -2.40. The summed E-state index contributed by atoms with van der Waals surface area (Å²) in [6.07, 6.45) is 4.87. The first-order valence-corrected chi connectivity index (χ1v) is 9.80. The molecular formula is C24H19N3O4. The average molecular weight is 413 g/mol. The van der Waals surface area contributed by atoms with Crippen molar-refractivity contribution in [1.82, 2.24) is 9.13 Å². The molecule has 1 heterocycles. The van der Waals surface area contributed by atoms with Crippen molar-refractivity contribution in [3.05, 3.63) is 117 Å². The average Bonchev–Trinajstić information content (AvgIpc) is 3.25. The first kappa shape index (κ1) is 20.1. The van der Waals surface area contributed by atoms with Crippen LogP contribution in [0.25, 0.3) is 0 Å². The van der Waals surface area contributed by atoms with Gasteiger partial charge in [-0.3, -0.25) is 13.9 Å². The van der Waals surface area contributed by atoms with E-state index in [1.165, 1.54) is 27.5 Å². The van der Waals surface area contributed by atoms with Crippen LogP contribution < -0.4 is 11.2 Å². The van der Waals surface area contributed by atoms with Crippen LogP contribution in [0.15, 0.2) is 88.6 Å². The number of hydrogen-bond acceptors (Lipinski definition) is 5. The fourth-order valence-corrected chi connectivity index (χ4v) is 3.56. The molecule has 31 heavy (non-hydrogen) atoms. The van der Waals surface area contributed by atoms with Crippen molar-refractivity contribution >= 4 is 5.97 Å². The molecule has 1 aliphatic carbocycles. The number of carbonyl (C=O) groups is 1. The minimum atomic E-state index is -0.534. The summed E-state index contributed by atoms with van der Waals surface area (Å²) in [5, 5.41) is 8.98. The number of nitrogens with zero attached hydrogens (tertiary/aromatic N) is 3. The van der Waals surface area contributed by atoms with Gasteiger partial charge >= 0.3 is 11.7 Å². The Labute approximate surface area is 178 Å². The van der Waals surface area contributed by atoms with Crippen LogP contribution in [0.1, 0.15) is 33.9 Å². The largest absolute Gasteiger partial charge is 0.454 e. The summed E-state index contributed by atoms with van der Waals surface area (Å²) in [6.45, 7) is 0.184. The maximum atomic E-state index is 13.0. The Kier molecular flexibility index (Phi) is 5.63. The summed E-state index contributed by atoms with van der Waals surface area (Å²) < 4.78 is 8.19. The molecule has 0 fully saturated rings. The van der Waals surface area contributed by atoms with E-state index in [2.05, 4.69) is 0 Å². The molecule has 4 rings (SSSR count). The second-order valence-corrected chi connectivity index (χ2v) is 7.24. The molecule has 0 amide bonds. The summed E-state index contributed by atoms with van der Waals surface area (Å²) >= 11 is 0. The second kappa shape index (κ2) is 8.67. The summed E-state index contributed by atoms with van der Waals surface area (Å²) in [5.41, 5.74) is 0.742. The van der Waals surface area contributed by atoms with Crippen LogP contribution in [0.4, 0.5) is 0 Å². The maximum absolute atomic E-state index is 13.0. The molecule has 154 valence electrons. The van der Waals surface area contributed by atoms with Crippen molar-refractivity contribution in [3.8, 4) is 6.07 Å². The van der Waals surface area contributed by atoms with Gasteiger partial charge in [-0.15, -0.1) is 0 Å². The summed E-state index contributed by atoms with van der Waals surface area (Å²) in [7, 11) is 0. The summed E-state index contributed by atoms with van der Waals surface area (Å²) in [5.74, 6) is -0.534. The highest BCUT2D eigenvalue weighted by molar-refractivity contribution is 5.90. The van der Waals surface area contributed by atoms with Crippen LogP contribution in [-0.4, -0.2) is 21.2 Å². The Morgan fingerprint density at radius 2 is 1.87 bits per heavy atom. The maximum Gasteiger partial charge on any atom is 0.338 e. The highest BCUT2D eigenvalue weighted by atomic mass is 16.5. The van der Waals surface area contributed by atoms with Crippen molar-refractivity contribution in [2.45, 2.75) is 25.1 Å². The van der Waals surface area contributed by atoms with E-state index in [0.717, 1.165) is 5.56 Å². The Morgan fingerprint density at radius 3 is 2.65 bits per heavy atom. The highest BCUT2D eigenvalue weighted by Crippen LogP contribution is 2.24. The Bertz CT molecular complexity index is 1300. The molecule has 0 unspecified atom stereocenters. The van der Waals surface area contributed by atoms with Gasteiger partial charge in [-0.1, -0.05) is 42.5 Å². The van der Waals surface area contributed by atoms with Gasteiger partial charge in [-0.05, 0) is 29.8 Å². The summed E-state index contributed by atoms with van der Waals surface area (Å²) in [6, 6.07) is 18.6. The lowest BCUT2D eigenvalue weighted by Gasteiger charge is -2.17. The van der Waals surface area contributed by atoms with E-state index in [0.29, 0.717) is 17.5 Å². The van der Waals surface area contributed by atoms with Gasteiger partial charge in [-0.25, -0.2) is 9.59 Å². The lowest BCUT2D eigenvalue weighted by atomic mass is 10.1. The first-order valence-electron chi connectivity index (χ1n) is 9.80. The van der Waals surface area contributed by atoms with E-state index in [1.54, 1.807) is 30.4 Å². The van der Waals surface area contributed by atoms with Gasteiger partial charge < -0.3 is 4.74 Å². The zero-order chi connectivity index (χ0) is 21.8. The molecule has 7 heteroatoms. The normalized spacial score (nSPS) is 17.3. The fraction of sp³-hybridized carbons (Fsp3) is 0.167. The molecule has 2 aromatic carbocycles. The molecule has 0 bridgehead atoms. The second-order valence-electron chi connectivity index (χ2n) is 7.24. The lowest BCUT2D eigenvalue weighted by molar-refractivity contribution is 0.0382. The first-order chi connectivity index (χ1) is 15.0. The van der Waals surface area contributed by atoms with Crippen LogP contribution >= 0.6 is 0 Å². The van der Waals surface area contributed by atoms with E-state index >= 15 is 0 Å². The molecule has 7 nitrogen and oxygen atoms in total. The van der Waals surface area contributed by atoms with Gasteiger partial charge in [0.1, 0.15) is 6.10 Å². The van der Waals surface area contributed by atoms with Gasteiger partial charge in [0.15, 0.2) is 0 Å². The van der Waals surface area contributed by atoms with E-state index in [9.17, 15) is 14.4 Å². The molecule has 2 atom stereocenters. The molecule has 0 radical (unpaired) electrons. The number of nitriles is 1. The van der Waals surface area contributed by atoms with Gasteiger partial charge in [0.25, 0.3) is 5.56 Å². The molecule has 0 saturated heterocycles. The quantitative estimate of drug-likeness (QED) is 0.473. The monoisotopic (exact) mass is 413 g/mol. The highest BCUT2D eigenvalue weighted by Gasteiger charge is 2.25. The molecule has 0 saturated carbocycles. The standard InChI is InChI=1S/C24H19N3O4/c25-15-18-7-4-8-19(13-18)23(29)31-21-10-9-20(14-21)26-12-11-22(28)27(24(26)30)16-17-5-2-1-3-6-17/h1-13,20-21H,14,16H2/t20-,21+/m0/s1. The summed E-state index contributed by atoms with van der Waals surface area (Å²) in [4.78, 5) is 37.6. The van der Waals surface area contributed by atoms with Crippen LogP contribution in [0.5, 0.6) is 0 Å². The number of allylic oxidation sites excluding steroid dienone is 1. The Morgan fingerprint density at radius 1 is 1.06 bits per heavy atom. The topological polar surface area (TPSA) is 94.1 Å². The minimum Gasteiger partial charge on any atom is -0.454 e. The third kappa shape index (κ3) is 4.38. The molecule has 0 spiro atoms. The van der Waals surface area contributed by atoms with Crippen molar-refractivity contribution in [2.24, 2.45) is 0 Å². The van der Waals surface area contributed by atoms with Gasteiger partial charge in [0.2, 0.25) is 0 Å². The van der Waals surface area contributed by atoms with E-state index < -0.39 is 17.8 Å². The van der Waals surface area contributed by atoms with Crippen molar-refractivity contribution < 1.29 is 9.53 Å². The predicted molar refractivity (Wildman–Crippen MR) is 114 cm³/mol. The van der Waals surface area contributed by atoms with Crippen LogP contribution in [0, 0.1) is 11.3 Å².